The summed E-state index contributed by atoms with van der Waals surface area (Å²) >= 11 is 12.4. The van der Waals surface area contributed by atoms with Crippen LogP contribution in [-0.4, -0.2) is 6.54 Å². The van der Waals surface area contributed by atoms with Crippen molar-refractivity contribution in [1.82, 2.24) is 5.32 Å². The predicted octanol–water partition coefficient (Wildman–Crippen LogP) is 4.29. The van der Waals surface area contributed by atoms with E-state index in [1.54, 1.807) is 6.26 Å². The summed E-state index contributed by atoms with van der Waals surface area (Å²) in [5, 5.41) is 4.60. The smallest absolute Gasteiger partial charge is 0.125 e. The van der Waals surface area contributed by atoms with Gasteiger partial charge in [0, 0.05) is 15.6 Å². The van der Waals surface area contributed by atoms with Crippen molar-refractivity contribution >= 4 is 23.2 Å². The van der Waals surface area contributed by atoms with E-state index in [0.29, 0.717) is 10.0 Å². The molecule has 0 saturated carbocycles. The Morgan fingerprint density at radius 3 is 2.41 bits per heavy atom. The Hall–Kier alpha value is -0.960. The van der Waals surface area contributed by atoms with Crippen molar-refractivity contribution in [2.24, 2.45) is 0 Å². The van der Waals surface area contributed by atoms with Crippen molar-refractivity contribution in [3.63, 3.8) is 0 Å². The van der Waals surface area contributed by atoms with E-state index in [0.717, 1.165) is 17.9 Å². The molecule has 4 heteroatoms. The zero-order valence-electron chi connectivity index (χ0n) is 9.41. The van der Waals surface area contributed by atoms with Crippen molar-refractivity contribution < 1.29 is 4.42 Å². The lowest BCUT2D eigenvalue weighted by atomic mass is 10.0. The van der Waals surface area contributed by atoms with Crippen LogP contribution in [0.15, 0.2) is 41.0 Å². The second kappa shape index (κ2) is 5.58. The molecule has 0 aliphatic heterocycles. The highest BCUT2D eigenvalue weighted by atomic mass is 35.5. The molecule has 0 bridgehead atoms. The van der Waals surface area contributed by atoms with Crippen molar-refractivity contribution in [3.8, 4) is 0 Å². The van der Waals surface area contributed by atoms with Crippen LogP contribution in [-0.2, 0) is 0 Å². The molecule has 0 aliphatic carbocycles. The highest BCUT2D eigenvalue weighted by molar-refractivity contribution is 6.36. The summed E-state index contributed by atoms with van der Waals surface area (Å²) in [7, 11) is 0. The maximum Gasteiger partial charge on any atom is 0.125 e. The van der Waals surface area contributed by atoms with Gasteiger partial charge in [0.2, 0.25) is 0 Å². The van der Waals surface area contributed by atoms with Gasteiger partial charge in [0.15, 0.2) is 0 Å². The minimum Gasteiger partial charge on any atom is -0.467 e. The Balaban J connectivity index is 2.46. The minimum atomic E-state index is -0.115. The molecule has 90 valence electrons. The van der Waals surface area contributed by atoms with E-state index >= 15 is 0 Å². The third-order valence-electron chi connectivity index (χ3n) is 2.52. The van der Waals surface area contributed by atoms with Gasteiger partial charge in [0.25, 0.3) is 0 Å². The molecule has 1 heterocycles. The molecule has 2 aromatic rings. The molecular weight excluding hydrogens is 257 g/mol. The largest absolute Gasteiger partial charge is 0.467 e. The first-order valence-corrected chi connectivity index (χ1v) is 6.20. The molecule has 0 radical (unpaired) electrons. The molecule has 0 amide bonds. The predicted molar refractivity (Wildman–Crippen MR) is 70.7 cm³/mol. The number of rotatable bonds is 4. The Labute approximate surface area is 111 Å². The number of hydrogen-bond donors (Lipinski definition) is 1. The van der Waals surface area contributed by atoms with Crippen LogP contribution >= 0.6 is 23.2 Å². The number of halogens is 2. The quantitative estimate of drug-likeness (QED) is 0.896. The molecule has 1 unspecified atom stereocenters. The van der Waals surface area contributed by atoms with Crippen LogP contribution in [0.2, 0.25) is 10.0 Å². The fraction of sp³-hybridized carbons (Fsp3) is 0.231. The summed E-state index contributed by atoms with van der Waals surface area (Å²) in [5.74, 6) is 0.807. The molecule has 0 spiro atoms. The van der Waals surface area contributed by atoms with E-state index < -0.39 is 0 Å². The normalized spacial score (nSPS) is 12.6. The molecule has 2 rings (SSSR count). The first-order valence-electron chi connectivity index (χ1n) is 5.44. The second-order valence-corrected chi connectivity index (χ2v) is 4.46. The van der Waals surface area contributed by atoms with Gasteiger partial charge in [0.05, 0.1) is 12.3 Å². The zero-order chi connectivity index (χ0) is 12.3. The second-order valence-electron chi connectivity index (χ2n) is 3.64. The van der Waals surface area contributed by atoms with Gasteiger partial charge >= 0.3 is 0 Å². The summed E-state index contributed by atoms with van der Waals surface area (Å²) in [6.45, 7) is 2.83. The highest BCUT2D eigenvalue weighted by Gasteiger charge is 2.21. The monoisotopic (exact) mass is 269 g/mol. The van der Waals surface area contributed by atoms with E-state index in [-0.39, 0.29) is 6.04 Å². The van der Waals surface area contributed by atoms with Crippen molar-refractivity contribution in [3.05, 3.63) is 58.0 Å². The van der Waals surface area contributed by atoms with Crippen molar-refractivity contribution in [2.75, 3.05) is 6.54 Å². The van der Waals surface area contributed by atoms with E-state index in [4.69, 9.17) is 27.6 Å². The van der Waals surface area contributed by atoms with Gasteiger partial charge in [-0.2, -0.15) is 0 Å². The van der Waals surface area contributed by atoms with Gasteiger partial charge < -0.3 is 9.73 Å². The molecule has 0 saturated heterocycles. The lowest BCUT2D eigenvalue weighted by Gasteiger charge is -2.18. The number of furan rings is 1. The molecule has 1 atom stereocenters. The maximum absolute atomic E-state index is 6.21. The van der Waals surface area contributed by atoms with Crippen LogP contribution in [0.1, 0.15) is 24.3 Å². The maximum atomic E-state index is 6.21. The third kappa shape index (κ3) is 2.65. The van der Waals surface area contributed by atoms with Crippen molar-refractivity contribution in [2.45, 2.75) is 13.0 Å². The molecule has 1 aromatic heterocycles. The van der Waals surface area contributed by atoms with E-state index in [1.165, 1.54) is 0 Å². The fourth-order valence-corrected chi connectivity index (χ4v) is 2.41. The summed E-state index contributed by atoms with van der Waals surface area (Å²) in [6, 6.07) is 9.14. The van der Waals surface area contributed by atoms with Crippen LogP contribution in [0.3, 0.4) is 0 Å². The van der Waals surface area contributed by atoms with Gasteiger partial charge in [-0.25, -0.2) is 0 Å². The lowest BCUT2D eigenvalue weighted by Crippen LogP contribution is -2.22. The molecule has 1 N–H and O–H groups in total. The summed E-state index contributed by atoms with van der Waals surface area (Å²) in [4.78, 5) is 0. The van der Waals surface area contributed by atoms with Crippen LogP contribution < -0.4 is 5.32 Å². The molecule has 2 nitrogen and oxygen atoms in total. The molecule has 0 fully saturated rings. The Bertz CT molecular complexity index is 462. The lowest BCUT2D eigenvalue weighted by molar-refractivity contribution is 0.452. The van der Waals surface area contributed by atoms with Gasteiger partial charge in [-0.3, -0.25) is 0 Å². The average Bonchev–Trinajstić information content (AvgIpc) is 2.80. The van der Waals surface area contributed by atoms with E-state index in [1.807, 2.05) is 37.3 Å². The fourth-order valence-electron chi connectivity index (χ4n) is 1.79. The molecule has 1 aromatic carbocycles. The van der Waals surface area contributed by atoms with Crippen LogP contribution in [0, 0.1) is 0 Å². The number of benzene rings is 1. The van der Waals surface area contributed by atoms with E-state index in [2.05, 4.69) is 5.32 Å². The minimum absolute atomic E-state index is 0.115. The number of nitrogens with one attached hydrogen (secondary N) is 1. The first-order chi connectivity index (χ1) is 8.24. The third-order valence-corrected chi connectivity index (χ3v) is 3.18. The van der Waals surface area contributed by atoms with Gasteiger partial charge in [-0.15, -0.1) is 0 Å². The summed E-state index contributed by atoms with van der Waals surface area (Å²) in [5.41, 5.74) is 0.854. The highest BCUT2D eigenvalue weighted by Crippen LogP contribution is 2.34. The van der Waals surface area contributed by atoms with Crippen LogP contribution in [0.5, 0.6) is 0 Å². The molecular formula is C13H13Cl2NO. The molecule has 0 aliphatic rings. The van der Waals surface area contributed by atoms with Gasteiger partial charge in [-0.05, 0) is 30.8 Å². The first kappa shape index (κ1) is 12.5. The standard InChI is InChI=1S/C13H13Cl2NO/c1-2-16-13(11-7-4-8-17-11)12-9(14)5-3-6-10(12)15/h3-8,13,16H,2H2,1H3. The average molecular weight is 270 g/mol. The summed E-state index contributed by atoms with van der Waals surface area (Å²) < 4.78 is 5.43. The SMILES string of the molecule is CCNC(c1ccco1)c1c(Cl)cccc1Cl. The van der Waals surface area contributed by atoms with E-state index in [9.17, 15) is 0 Å². The Morgan fingerprint density at radius 2 is 1.88 bits per heavy atom. The van der Waals surface area contributed by atoms with Crippen LogP contribution in [0.25, 0.3) is 0 Å². The van der Waals surface area contributed by atoms with Gasteiger partial charge in [-0.1, -0.05) is 36.2 Å². The van der Waals surface area contributed by atoms with Gasteiger partial charge in [0.1, 0.15) is 5.76 Å². The zero-order valence-corrected chi connectivity index (χ0v) is 10.9. The number of hydrogen-bond acceptors (Lipinski definition) is 2. The van der Waals surface area contributed by atoms with Crippen LogP contribution in [0.4, 0.5) is 0 Å². The topological polar surface area (TPSA) is 25.2 Å². The Kier molecular flexibility index (Phi) is 4.11. The Morgan fingerprint density at radius 1 is 1.18 bits per heavy atom. The summed E-state index contributed by atoms with van der Waals surface area (Å²) in [6.07, 6.45) is 1.64. The van der Waals surface area contributed by atoms with Crippen molar-refractivity contribution in [1.29, 1.82) is 0 Å². The molecule has 17 heavy (non-hydrogen) atoms.